The molecule has 0 saturated heterocycles. The van der Waals surface area contributed by atoms with Gasteiger partial charge >= 0.3 is 18.5 Å². The van der Waals surface area contributed by atoms with E-state index in [4.69, 9.17) is 8.85 Å². The normalized spacial score (nSPS) is 13.0. The van der Waals surface area contributed by atoms with E-state index in [9.17, 15) is 44.7 Å². The van der Waals surface area contributed by atoms with Gasteiger partial charge < -0.3 is 24.3 Å². The van der Waals surface area contributed by atoms with Gasteiger partial charge in [-0.15, -0.1) is 13.2 Å². The van der Waals surface area contributed by atoms with Crippen LogP contribution in [-0.4, -0.2) is 37.4 Å². The fourth-order valence-electron chi connectivity index (χ4n) is 3.02. The van der Waals surface area contributed by atoms with Crippen LogP contribution in [0.5, 0.6) is 23.0 Å². The number of amides is 1. The van der Waals surface area contributed by atoms with Crippen LogP contribution in [0.2, 0.25) is 0 Å². The Kier molecular flexibility index (Phi) is 7.15. The van der Waals surface area contributed by atoms with Gasteiger partial charge in [0.1, 0.15) is 17.0 Å². The minimum absolute atomic E-state index is 0.0479. The molecule has 0 unspecified atom stereocenters. The number of esters is 1. The first-order valence-electron chi connectivity index (χ1n) is 11.6. The highest BCUT2D eigenvalue weighted by molar-refractivity contribution is 6.06. The maximum absolute atomic E-state index is 15.1. The summed E-state index contributed by atoms with van der Waals surface area (Å²) in [6.07, 6.45) is -10.3. The van der Waals surface area contributed by atoms with Crippen molar-refractivity contribution in [2.24, 2.45) is 0 Å². The van der Waals surface area contributed by atoms with Crippen molar-refractivity contribution in [2.45, 2.75) is 12.5 Å². The number of hydrogen-bond donors (Lipinski definition) is 1. The Labute approximate surface area is 221 Å². The quantitative estimate of drug-likeness (QED) is 0.258. The molecule has 8 nitrogen and oxygen atoms in total. The molecule has 0 spiro atoms. The highest BCUT2D eigenvalue weighted by Gasteiger charge is 2.39. The van der Waals surface area contributed by atoms with Crippen molar-refractivity contribution in [3.05, 3.63) is 70.8 Å². The van der Waals surface area contributed by atoms with Gasteiger partial charge in [0.25, 0.3) is 5.91 Å². The number of benzene rings is 2. The molecule has 0 bridgehead atoms. The van der Waals surface area contributed by atoms with E-state index in [1.54, 1.807) is 0 Å². The molecule has 3 aromatic rings. The van der Waals surface area contributed by atoms with Crippen LogP contribution in [0.3, 0.4) is 0 Å². The lowest BCUT2D eigenvalue weighted by Crippen LogP contribution is -2.20. The molecular weight excluding hydrogens is 571 g/mol. The van der Waals surface area contributed by atoms with Crippen LogP contribution in [0.1, 0.15) is 30.5 Å². The van der Waals surface area contributed by atoms with E-state index in [1.807, 2.05) is 5.32 Å². The molecule has 0 radical (unpaired) electrons. The topological polar surface area (TPSA) is 96.0 Å². The van der Waals surface area contributed by atoms with Gasteiger partial charge in [0.05, 0.1) is 35.7 Å². The number of nitrogens with zero attached hydrogens (tertiary/aromatic N) is 1. The van der Waals surface area contributed by atoms with Crippen LogP contribution in [0, 0.1) is 17.5 Å². The molecule has 17 heteroatoms. The summed E-state index contributed by atoms with van der Waals surface area (Å²) in [6.45, 7) is 0. The number of carbonyl (C=O) groups excluding carboxylic acids is 2. The van der Waals surface area contributed by atoms with Gasteiger partial charge in [-0.05, 0) is 24.3 Å². The monoisotopic (exact) mass is 587 g/mol. The lowest BCUT2D eigenvalue weighted by Gasteiger charge is -2.18. The van der Waals surface area contributed by atoms with Gasteiger partial charge in [0.2, 0.25) is 17.3 Å². The SMILES string of the molecule is [2H]C([2H])([2H])Oc1c(Oc2ccc(C(F)(F)F)c(F)c2C(=O)Nc2ccc(C(=O)OC)nc2)cc(F)c(OC(F)(F)F)c1F. The van der Waals surface area contributed by atoms with Crippen molar-refractivity contribution < 1.29 is 72.2 Å². The van der Waals surface area contributed by atoms with Crippen LogP contribution in [0.25, 0.3) is 0 Å². The number of rotatable bonds is 7. The van der Waals surface area contributed by atoms with Crippen LogP contribution in [0.15, 0.2) is 36.5 Å². The Balaban J connectivity index is 2.16. The van der Waals surface area contributed by atoms with Crippen LogP contribution in [0.4, 0.5) is 45.2 Å². The van der Waals surface area contributed by atoms with E-state index >= 15 is 4.39 Å². The molecule has 0 aliphatic heterocycles. The summed E-state index contributed by atoms with van der Waals surface area (Å²) in [6, 6.07) is 2.25. The standard InChI is InChI=1S/C23H13F9N2O6/c1-37-19-14(7-11(24)18(17(19)26)40-23(30,31)32)39-13-6-4-10(22(27,28)29)16(25)15(13)20(35)34-9-3-5-12(33-8-9)21(36)38-2/h3-8H,1-2H3,(H,34,35)/i1D3. The second kappa shape index (κ2) is 11.2. The zero-order chi connectivity index (χ0) is 32.5. The summed E-state index contributed by atoms with van der Waals surface area (Å²) < 4.78 is 161. The fourth-order valence-corrected chi connectivity index (χ4v) is 3.02. The number of alkyl halides is 6. The number of carbonyl (C=O) groups is 2. The first-order valence-corrected chi connectivity index (χ1v) is 10.1. The zero-order valence-electron chi connectivity index (χ0n) is 22.3. The first kappa shape index (κ1) is 25.6. The molecular formula is C23H13F9N2O6. The first-order chi connectivity index (χ1) is 19.7. The molecule has 1 heterocycles. The van der Waals surface area contributed by atoms with E-state index in [2.05, 4.69) is 19.2 Å². The molecule has 0 aliphatic carbocycles. The summed E-state index contributed by atoms with van der Waals surface area (Å²) in [4.78, 5) is 28.1. The van der Waals surface area contributed by atoms with Crippen LogP contribution in [-0.2, 0) is 10.9 Å². The van der Waals surface area contributed by atoms with Crippen LogP contribution >= 0.6 is 0 Å². The molecule has 214 valence electrons. The smallest absolute Gasteiger partial charge is 0.490 e. The second-order valence-corrected chi connectivity index (χ2v) is 7.26. The van der Waals surface area contributed by atoms with E-state index in [0.29, 0.717) is 6.07 Å². The third-order valence-corrected chi connectivity index (χ3v) is 4.69. The minimum atomic E-state index is -5.69. The van der Waals surface area contributed by atoms with Gasteiger partial charge in [0.15, 0.2) is 17.4 Å². The zero-order valence-corrected chi connectivity index (χ0v) is 19.3. The molecule has 1 N–H and O–H groups in total. The van der Waals surface area contributed by atoms with Crippen molar-refractivity contribution >= 4 is 17.6 Å². The van der Waals surface area contributed by atoms with Crippen molar-refractivity contribution in [1.29, 1.82) is 0 Å². The Morgan fingerprint density at radius 3 is 2.20 bits per heavy atom. The van der Waals surface area contributed by atoms with Crippen molar-refractivity contribution in [1.82, 2.24) is 4.98 Å². The van der Waals surface area contributed by atoms with Gasteiger partial charge in [-0.25, -0.2) is 18.6 Å². The predicted molar refractivity (Wildman–Crippen MR) is 115 cm³/mol. The number of hydrogen-bond acceptors (Lipinski definition) is 7. The number of ether oxygens (including phenoxy) is 4. The lowest BCUT2D eigenvalue weighted by molar-refractivity contribution is -0.276. The Morgan fingerprint density at radius 1 is 0.950 bits per heavy atom. The van der Waals surface area contributed by atoms with Gasteiger partial charge in [0, 0.05) is 6.07 Å². The molecule has 40 heavy (non-hydrogen) atoms. The average Bonchev–Trinajstić information content (AvgIpc) is 2.87. The van der Waals surface area contributed by atoms with Gasteiger partial charge in [-0.1, -0.05) is 0 Å². The molecule has 2 aromatic carbocycles. The second-order valence-electron chi connectivity index (χ2n) is 7.26. The highest BCUT2D eigenvalue weighted by atomic mass is 19.4. The van der Waals surface area contributed by atoms with Crippen molar-refractivity contribution in [3.63, 3.8) is 0 Å². The summed E-state index contributed by atoms with van der Waals surface area (Å²) in [7, 11) is -2.61. The van der Waals surface area contributed by atoms with E-state index in [1.165, 1.54) is 0 Å². The Morgan fingerprint density at radius 2 is 1.65 bits per heavy atom. The van der Waals surface area contributed by atoms with E-state index < -0.39 is 83.0 Å². The average molecular weight is 587 g/mol. The van der Waals surface area contributed by atoms with Crippen molar-refractivity contribution in [2.75, 3.05) is 19.5 Å². The Bertz CT molecular complexity index is 1550. The molecule has 0 aliphatic rings. The number of anilines is 1. The summed E-state index contributed by atoms with van der Waals surface area (Å²) >= 11 is 0. The van der Waals surface area contributed by atoms with Crippen molar-refractivity contribution in [3.8, 4) is 23.0 Å². The minimum Gasteiger partial charge on any atom is -0.490 e. The molecule has 0 fully saturated rings. The van der Waals surface area contributed by atoms with Crippen LogP contribution < -0.4 is 19.5 Å². The van der Waals surface area contributed by atoms with E-state index in [-0.39, 0.29) is 23.5 Å². The number of nitrogens with one attached hydrogen (secondary N) is 1. The molecule has 0 saturated carbocycles. The maximum Gasteiger partial charge on any atom is 0.573 e. The summed E-state index contributed by atoms with van der Waals surface area (Å²) in [5, 5.41) is 1.94. The lowest BCUT2D eigenvalue weighted by atomic mass is 10.1. The summed E-state index contributed by atoms with van der Waals surface area (Å²) in [5.41, 5.74) is -4.17. The van der Waals surface area contributed by atoms with Gasteiger partial charge in [-0.2, -0.15) is 17.6 Å². The molecule has 0 atom stereocenters. The number of halogens is 9. The maximum atomic E-state index is 15.1. The fraction of sp³-hybridized carbons (Fsp3) is 0.174. The third-order valence-electron chi connectivity index (χ3n) is 4.69. The highest BCUT2D eigenvalue weighted by Crippen LogP contribution is 2.44. The molecule has 1 aromatic heterocycles. The largest absolute Gasteiger partial charge is 0.573 e. The number of pyridine rings is 1. The van der Waals surface area contributed by atoms with E-state index in [0.717, 1.165) is 25.4 Å². The Hall–Kier alpha value is -4.70. The third kappa shape index (κ3) is 6.47. The molecule has 1 amide bonds. The predicted octanol–water partition coefficient (Wildman–Crippen LogP) is 6.26. The number of methoxy groups -OCH3 is 2. The molecule has 3 rings (SSSR count). The van der Waals surface area contributed by atoms with Gasteiger partial charge in [-0.3, -0.25) is 4.79 Å². The summed E-state index contributed by atoms with van der Waals surface area (Å²) in [5.74, 6) is -16.1. The number of aromatic nitrogens is 1.